The van der Waals surface area contributed by atoms with Gasteiger partial charge in [-0.2, -0.15) is 0 Å². The highest BCUT2D eigenvalue weighted by Crippen LogP contribution is 2.28. The quantitative estimate of drug-likeness (QED) is 0.811. The fourth-order valence-corrected chi connectivity index (χ4v) is 2.01. The lowest BCUT2D eigenvalue weighted by molar-refractivity contribution is 0.0945. The Morgan fingerprint density at radius 2 is 2.06 bits per heavy atom. The van der Waals surface area contributed by atoms with E-state index in [1.54, 1.807) is 0 Å². The molecule has 1 aromatic rings. The third-order valence-corrected chi connectivity index (χ3v) is 3.39. The fraction of sp³-hybridized carbons (Fsp3) is 0.462. The van der Waals surface area contributed by atoms with Crippen molar-refractivity contribution in [1.29, 1.82) is 0 Å². The van der Waals surface area contributed by atoms with Gasteiger partial charge in [0, 0.05) is 12.6 Å². The summed E-state index contributed by atoms with van der Waals surface area (Å²) in [7, 11) is 0. The topological polar surface area (TPSA) is 55.1 Å². The predicted octanol–water partition coefficient (Wildman–Crippen LogP) is 2.47. The molecule has 0 atom stereocenters. The van der Waals surface area contributed by atoms with E-state index in [-0.39, 0.29) is 11.3 Å². The van der Waals surface area contributed by atoms with E-state index in [2.05, 4.69) is 5.32 Å². The largest absolute Gasteiger partial charge is 0.396 e. The molecule has 0 spiro atoms. The average Bonchev–Trinajstić information content (AvgIpc) is 2.26. The van der Waals surface area contributed by atoms with E-state index in [1.165, 1.54) is 19.3 Å². The van der Waals surface area contributed by atoms with Crippen molar-refractivity contribution in [2.45, 2.75) is 25.7 Å². The molecule has 1 aliphatic carbocycles. The number of benzene rings is 1. The van der Waals surface area contributed by atoms with Crippen LogP contribution in [0.4, 0.5) is 14.5 Å². The maximum Gasteiger partial charge on any atom is 0.254 e. The second-order valence-electron chi connectivity index (χ2n) is 4.70. The van der Waals surface area contributed by atoms with Crippen molar-refractivity contribution < 1.29 is 13.6 Å². The first kappa shape index (κ1) is 12.8. The summed E-state index contributed by atoms with van der Waals surface area (Å²) in [6.45, 7) is 0.514. The summed E-state index contributed by atoms with van der Waals surface area (Å²) in [4.78, 5) is 11.7. The maximum atomic E-state index is 13.4. The molecule has 1 amide bonds. The molecule has 2 rings (SSSR count). The minimum atomic E-state index is -0.886. The van der Waals surface area contributed by atoms with Crippen molar-refractivity contribution in [1.82, 2.24) is 5.32 Å². The molecule has 18 heavy (non-hydrogen) atoms. The summed E-state index contributed by atoms with van der Waals surface area (Å²) in [5, 5.41) is 2.63. The molecule has 1 saturated carbocycles. The van der Waals surface area contributed by atoms with Gasteiger partial charge in [0.15, 0.2) is 0 Å². The lowest BCUT2D eigenvalue weighted by Crippen LogP contribution is -2.28. The molecule has 1 fully saturated rings. The molecule has 0 unspecified atom stereocenters. The first-order valence-corrected chi connectivity index (χ1v) is 6.10. The van der Waals surface area contributed by atoms with Gasteiger partial charge in [0.25, 0.3) is 5.91 Å². The molecule has 98 valence electrons. The van der Waals surface area contributed by atoms with E-state index in [9.17, 15) is 13.6 Å². The smallest absolute Gasteiger partial charge is 0.254 e. The highest BCUT2D eigenvalue weighted by Gasteiger charge is 2.18. The number of nitrogens with one attached hydrogen (secondary N) is 1. The Morgan fingerprint density at radius 1 is 1.33 bits per heavy atom. The number of anilines is 1. The predicted molar refractivity (Wildman–Crippen MR) is 65.1 cm³/mol. The van der Waals surface area contributed by atoms with Crippen LogP contribution >= 0.6 is 0 Å². The van der Waals surface area contributed by atoms with Gasteiger partial charge in [-0.25, -0.2) is 8.78 Å². The SMILES string of the molecule is Nc1cc(C(=O)NCCC2CCC2)c(F)cc1F. The number of halogens is 2. The highest BCUT2D eigenvalue weighted by atomic mass is 19.1. The number of amides is 1. The van der Waals surface area contributed by atoms with Crippen LogP contribution in [-0.2, 0) is 0 Å². The van der Waals surface area contributed by atoms with Crippen LogP contribution in [0.1, 0.15) is 36.0 Å². The van der Waals surface area contributed by atoms with Crippen LogP contribution in [0, 0.1) is 17.6 Å². The maximum absolute atomic E-state index is 13.4. The number of rotatable bonds is 4. The second kappa shape index (κ2) is 5.33. The van der Waals surface area contributed by atoms with E-state index in [0.717, 1.165) is 12.5 Å². The van der Waals surface area contributed by atoms with E-state index in [1.807, 2.05) is 0 Å². The zero-order valence-electron chi connectivity index (χ0n) is 10.0. The van der Waals surface area contributed by atoms with Gasteiger partial charge in [0.1, 0.15) is 11.6 Å². The van der Waals surface area contributed by atoms with Gasteiger partial charge < -0.3 is 11.1 Å². The van der Waals surface area contributed by atoms with Crippen LogP contribution in [-0.4, -0.2) is 12.5 Å². The molecule has 0 aromatic heterocycles. The van der Waals surface area contributed by atoms with Gasteiger partial charge in [-0.15, -0.1) is 0 Å². The molecule has 0 heterocycles. The van der Waals surface area contributed by atoms with Crippen molar-refractivity contribution in [2.75, 3.05) is 12.3 Å². The Bertz CT molecular complexity index is 459. The summed E-state index contributed by atoms with van der Waals surface area (Å²) in [6.07, 6.45) is 4.56. The molecule has 3 nitrogen and oxygen atoms in total. The molecule has 1 aliphatic rings. The monoisotopic (exact) mass is 254 g/mol. The molecular formula is C13H16F2N2O. The number of carbonyl (C=O) groups excluding carboxylic acids is 1. The Balaban J connectivity index is 1.93. The highest BCUT2D eigenvalue weighted by molar-refractivity contribution is 5.95. The first-order valence-electron chi connectivity index (χ1n) is 6.10. The van der Waals surface area contributed by atoms with E-state index < -0.39 is 17.5 Å². The van der Waals surface area contributed by atoms with Crippen LogP contribution in [0.15, 0.2) is 12.1 Å². The van der Waals surface area contributed by atoms with Crippen LogP contribution in [0.5, 0.6) is 0 Å². The molecule has 0 saturated heterocycles. The van der Waals surface area contributed by atoms with E-state index >= 15 is 0 Å². The van der Waals surface area contributed by atoms with Gasteiger partial charge in [0.05, 0.1) is 11.3 Å². The summed E-state index contributed by atoms with van der Waals surface area (Å²) < 4.78 is 26.3. The Labute approximate surface area is 104 Å². The third kappa shape index (κ3) is 2.78. The summed E-state index contributed by atoms with van der Waals surface area (Å²) in [5.41, 5.74) is 4.89. The number of nitrogen functional groups attached to an aromatic ring is 1. The number of nitrogens with two attached hydrogens (primary N) is 1. The van der Waals surface area contributed by atoms with Crippen molar-refractivity contribution >= 4 is 11.6 Å². The van der Waals surface area contributed by atoms with E-state index in [4.69, 9.17) is 5.73 Å². The first-order chi connectivity index (χ1) is 8.58. The molecule has 0 radical (unpaired) electrons. The lowest BCUT2D eigenvalue weighted by atomic mass is 9.83. The summed E-state index contributed by atoms with van der Waals surface area (Å²) in [5.74, 6) is -1.60. The zero-order valence-corrected chi connectivity index (χ0v) is 10.0. The fourth-order valence-electron chi connectivity index (χ4n) is 2.01. The lowest BCUT2D eigenvalue weighted by Gasteiger charge is -2.25. The molecule has 0 bridgehead atoms. The van der Waals surface area contributed by atoms with Crippen LogP contribution < -0.4 is 11.1 Å². The van der Waals surface area contributed by atoms with Crippen molar-refractivity contribution in [3.05, 3.63) is 29.3 Å². The Hall–Kier alpha value is -1.65. The van der Waals surface area contributed by atoms with Crippen LogP contribution in [0.3, 0.4) is 0 Å². The Morgan fingerprint density at radius 3 is 2.67 bits per heavy atom. The molecule has 1 aromatic carbocycles. The Kier molecular flexibility index (Phi) is 3.79. The summed E-state index contributed by atoms with van der Waals surface area (Å²) >= 11 is 0. The van der Waals surface area contributed by atoms with Gasteiger partial charge in [-0.3, -0.25) is 4.79 Å². The number of hydrogen-bond donors (Lipinski definition) is 2. The van der Waals surface area contributed by atoms with Gasteiger partial charge in [0.2, 0.25) is 0 Å². The van der Waals surface area contributed by atoms with Crippen molar-refractivity contribution in [2.24, 2.45) is 5.92 Å². The van der Waals surface area contributed by atoms with Crippen molar-refractivity contribution in [3.63, 3.8) is 0 Å². The molecular weight excluding hydrogens is 238 g/mol. The molecule has 0 aliphatic heterocycles. The molecule has 5 heteroatoms. The zero-order chi connectivity index (χ0) is 13.1. The van der Waals surface area contributed by atoms with E-state index in [0.29, 0.717) is 18.5 Å². The number of carbonyl (C=O) groups is 1. The minimum absolute atomic E-state index is 0.206. The second-order valence-corrected chi connectivity index (χ2v) is 4.70. The van der Waals surface area contributed by atoms with Crippen LogP contribution in [0.2, 0.25) is 0 Å². The summed E-state index contributed by atoms with van der Waals surface area (Å²) in [6, 6.07) is 1.67. The molecule has 3 N–H and O–H groups in total. The van der Waals surface area contributed by atoms with Gasteiger partial charge in [-0.05, 0) is 18.4 Å². The van der Waals surface area contributed by atoms with Gasteiger partial charge in [-0.1, -0.05) is 19.3 Å². The van der Waals surface area contributed by atoms with Crippen molar-refractivity contribution in [3.8, 4) is 0 Å². The third-order valence-electron chi connectivity index (χ3n) is 3.39. The number of hydrogen-bond acceptors (Lipinski definition) is 2. The average molecular weight is 254 g/mol. The standard InChI is InChI=1S/C13H16F2N2O/c14-10-7-11(15)12(16)6-9(10)13(18)17-5-4-8-2-1-3-8/h6-8H,1-5,16H2,(H,17,18). The van der Waals surface area contributed by atoms with Crippen LogP contribution in [0.25, 0.3) is 0 Å². The normalized spacial score (nSPS) is 15.2. The minimum Gasteiger partial charge on any atom is -0.396 e. The van der Waals surface area contributed by atoms with Gasteiger partial charge >= 0.3 is 0 Å².